The molecule has 1 aliphatic rings. The van der Waals surface area contributed by atoms with Crippen LogP contribution in [0, 0.1) is 0 Å². The molecular formula is C13H14N4O4. The van der Waals surface area contributed by atoms with Gasteiger partial charge in [0.25, 0.3) is 5.91 Å². The molecule has 0 unspecified atom stereocenters. The summed E-state index contributed by atoms with van der Waals surface area (Å²) in [7, 11) is 0. The van der Waals surface area contributed by atoms with Crippen molar-refractivity contribution in [2.75, 3.05) is 6.54 Å². The zero-order valence-corrected chi connectivity index (χ0v) is 11.3. The molecule has 1 aromatic carbocycles. The molecule has 6 amide bonds. The Morgan fingerprint density at radius 1 is 1.29 bits per heavy atom. The predicted octanol–water partition coefficient (Wildman–Crippen LogP) is -0.351. The third-order valence-corrected chi connectivity index (χ3v) is 3.19. The van der Waals surface area contributed by atoms with Crippen molar-refractivity contribution >= 4 is 23.9 Å². The molecule has 1 fully saturated rings. The van der Waals surface area contributed by atoms with Crippen molar-refractivity contribution in [1.29, 1.82) is 0 Å². The van der Waals surface area contributed by atoms with Gasteiger partial charge in [-0.05, 0) is 12.5 Å². The number of nitrogens with zero attached hydrogens (tertiary/aromatic N) is 1. The van der Waals surface area contributed by atoms with E-state index in [9.17, 15) is 19.2 Å². The van der Waals surface area contributed by atoms with Gasteiger partial charge in [-0.1, -0.05) is 30.3 Å². The molecule has 0 bridgehead atoms. The Bertz CT molecular complexity index is 616. The van der Waals surface area contributed by atoms with Crippen LogP contribution in [-0.2, 0) is 15.1 Å². The number of rotatable bonds is 3. The summed E-state index contributed by atoms with van der Waals surface area (Å²) in [5.41, 5.74) is 4.16. The summed E-state index contributed by atoms with van der Waals surface area (Å²) in [6.45, 7) is 0.977. The average molecular weight is 290 g/mol. The number of nitrogens with one attached hydrogen (secondary N) is 2. The third kappa shape index (κ3) is 2.69. The van der Waals surface area contributed by atoms with Crippen LogP contribution in [0.5, 0.6) is 0 Å². The van der Waals surface area contributed by atoms with Gasteiger partial charge in [0.15, 0.2) is 0 Å². The van der Waals surface area contributed by atoms with Crippen LogP contribution in [0.1, 0.15) is 12.5 Å². The predicted molar refractivity (Wildman–Crippen MR) is 71.8 cm³/mol. The number of benzene rings is 1. The Hall–Kier alpha value is -2.90. The number of amides is 6. The Balaban J connectivity index is 2.21. The second-order valence-corrected chi connectivity index (χ2v) is 4.72. The van der Waals surface area contributed by atoms with Crippen LogP contribution in [0.3, 0.4) is 0 Å². The van der Waals surface area contributed by atoms with E-state index in [0.29, 0.717) is 5.56 Å². The standard InChI is InChI=1S/C13H14N4O4/c1-13(8-5-3-2-4-6-8)10(19)17(12(21)16-13)7-9(18)15-11(14)20/h2-6H,7H2,1H3,(H,16,21)(H3,14,15,18,20)/t13-/m0/s1. The minimum atomic E-state index is -1.24. The molecule has 1 aliphatic heterocycles. The maximum absolute atomic E-state index is 12.4. The summed E-state index contributed by atoms with van der Waals surface area (Å²) in [5.74, 6) is -1.40. The summed E-state index contributed by atoms with van der Waals surface area (Å²) >= 11 is 0. The summed E-state index contributed by atoms with van der Waals surface area (Å²) in [6, 6.07) is 6.91. The fraction of sp³-hybridized carbons (Fsp3) is 0.231. The van der Waals surface area contributed by atoms with Gasteiger partial charge in [0.1, 0.15) is 12.1 Å². The number of hydrogen-bond donors (Lipinski definition) is 3. The summed E-state index contributed by atoms with van der Waals surface area (Å²) < 4.78 is 0. The van der Waals surface area contributed by atoms with E-state index in [0.717, 1.165) is 4.90 Å². The van der Waals surface area contributed by atoms with Crippen LogP contribution < -0.4 is 16.4 Å². The first kappa shape index (κ1) is 14.5. The summed E-state index contributed by atoms with van der Waals surface area (Å²) in [4.78, 5) is 47.1. The van der Waals surface area contributed by atoms with Gasteiger partial charge in [-0.2, -0.15) is 0 Å². The van der Waals surface area contributed by atoms with E-state index in [1.165, 1.54) is 0 Å². The van der Waals surface area contributed by atoms with E-state index in [-0.39, 0.29) is 0 Å². The first-order valence-electron chi connectivity index (χ1n) is 6.13. The number of primary amides is 1. The monoisotopic (exact) mass is 290 g/mol. The Morgan fingerprint density at radius 3 is 2.48 bits per heavy atom. The number of carbonyl (C=O) groups excluding carboxylic acids is 4. The molecule has 0 saturated carbocycles. The smallest absolute Gasteiger partial charge is 0.325 e. The topological polar surface area (TPSA) is 122 Å². The third-order valence-electron chi connectivity index (χ3n) is 3.19. The van der Waals surface area contributed by atoms with Crippen molar-refractivity contribution in [3.05, 3.63) is 35.9 Å². The van der Waals surface area contributed by atoms with E-state index < -0.39 is 36.0 Å². The lowest BCUT2D eigenvalue weighted by molar-refractivity contribution is -0.134. The zero-order valence-electron chi connectivity index (χ0n) is 11.3. The normalized spacial score (nSPS) is 21.1. The number of hydrogen-bond acceptors (Lipinski definition) is 4. The Morgan fingerprint density at radius 2 is 1.90 bits per heavy atom. The van der Waals surface area contributed by atoms with Gasteiger partial charge in [-0.3, -0.25) is 19.8 Å². The second kappa shape index (κ2) is 5.23. The van der Waals surface area contributed by atoms with Gasteiger partial charge in [0.05, 0.1) is 0 Å². The molecule has 4 N–H and O–H groups in total. The number of imide groups is 2. The number of nitrogens with two attached hydrogens (primary N) is 1. The highest BCUT2D eigenvalue weighted by atomic mass is 16.2. The van der Waals surface area contributed by atoms with Crippen molar-refractivity contribution in [2.45, 2.75) is 12.5 Å². The maximum Gasteiger partial charge on any atom is 0.325 e. The molecule has 1 saturated heterocycles. The van der Waals surface area contributed by atoms with E-state index in [1.807, 2.05) is 0 Å². The van der Waals surface area contributed by atoms with Gasteiger partial charge in [0.2, 0.25) is 5.91 Å². The van der Waals surface area contributed by atoms with Gasteiger partial charge in [-0.25, -0.2) is 9.59 Å². The van der Waals surface area contributed by atoms with Crippen molar-refractivity contribution < 1.29 is 19.2 Å². The molecule has 0 spiro atoms. The highest BCUT2D eigenvalue weighted by Gasteiger charge is 2.49. The van der Waals surface area contributed by atoms with Crippen molar-refractivity contribution in [2.24, 2.45) is 5.73 Å². The van der Waals surface area contributed by atoms with Crippen LogP contribution in [0.25, 0.3) is 0 Å². The van der Waals surface area contributed by atoms with Gasteiger partial charge in [-0.15, -0.1) is 0 Å². The molecule has 21 heavy (non-hydrogen) atoms. The van der Waals surface area contributed by atoms with E-state index >= 15 is 0 Å². The Labute approximate surface area is 120 Å². The SMILES string of the molecule is C[C@@]1(c2ccccc2)NC(=O)N(CC(=O)NC(N)=O)C1=O. The molecule has 8 nitrogen and oxygen atoms in total. The van der Waals surface area contributed by atoms with Crippen molar-refractivity contribution in [3.63, 3.8) is 0 Å². The van der Waals surface area contributed by atoms with Crippen LogP contribution in [-0.4, -0.2) is 35.3 Å². The molecule has 1 heterocycles. The largest absolute Gasteiger partial charge is 0.351 e. The Kier molecular flexibility index (Phi) is 3.62. The van der Waals surface area contributed by atoms with Gasteiger partial charge in [0, 0.05) is 0 Å². The van der Waals surface area contributed by atoms with Crippen LogP contribution >= 0.6 is 0 Å². The first-order valence-corrected chi connectivity index (χ1v) is 6.13. The van der Waals surface area contributed by atoms with Crippen LogP contribution in [0.4, 0.5) is 9.59 Å². The molecule has 1 aromatic rings. The van der Waals surface area contributed by atoms with Crippen molar-refractivity contribution in [1.82, 2.24) is 15.5 Å². The molecule has 0 radical (unpaired) electrons. The van der Waals surface area contributed by atoms with E-state index in [1.54, 1.807) is 42.6 Å². The number of urea groups is 2. The zero-order chi connectivity index (χ0) is 15.6. The second-order valence-electron chi connectivity index (χ2n) is 4.72. The lowest BCUT2D eigenvalue weighted by Gasteiger charge is -2.21. The molecule has 1 atom stereocenters. The highest BCUT2D eigenvalue weighted by molar-refractivity contribution is 6.10. The fourth-order valence-electron chi connectivity index (χ4n) is 2.13. The van der Waals surface area contributed by atoms with Crippen molar-refractivity contribution in [3.8, 4) is 0 Å². The average Bonchev–Trinajstić information content (AvgIpc) is 2.64. The van der Waals surface area contributed by atoms with Gasteiger partial charge >= 0.3 is 12.1 Å². The molecule has 2 rings (SSSR count). The molecular weight excluding hydrogens is 276 g/mol. The number of carbonyl (C=O) groups is 4. The van der Waals surface area contributed by atoms with Crippen LogP contribution in [0.15, 0.2) is 30.3 Å². The van der Waals surface area contributed by atoms with Crippen LogP contribution in [0.2, 0.25) is 0 Å². The lowest BCUT2D eigenvalue weighted by Crippen LogP contribution is -2.45. The van der Waals surface area contributed by atoms with E-state index in [2.05, 4.69) is 5.32 Å². The minimum Gasteiger partial charge on any atom is -0.351 e. The molecule has 8 heteroatoms. The quantitative estimate of drug-likeness (QED) is 0.658. The summed E-state index contributed by atoms with van der Waals surface area (Å²) in [6.07, 6.45) is 0. The highest BCUT2D eigenvalue weighted by Crippen LogP contribution is 2.28. The summed E-state index contributed by atoms with van der Waals surface area (Å²) in [5, 5.41) is 4.35. The molecule has 0 aliphatic carbocycles. The fourth-order valence-corrected chi connectivity index (χ4v) is 2.13. The molecule has 110 valence electrons. The maximum atomic E-state index is 12.4. The first-order chi connectivity index (χ1) is 9.84. The lowest BCUT2D eigenvalue weighted by atomic mass is 9.92. The van der Waals surface area contributed by atoms with Gasteiger partial charge < -0.3 is 11.1 Å². The minimum absolute atomic E-state index is 0.571. The molecule has 0 aromatic heterocycles. The van der Waals surface area contributed by atoms with E-state index in [4.69, 9.17) is 5.73 Å².